The molecule has 4 nitrogen and oxygen atoms in total. The molecule has 1 N–H and O–H groups in total. The summed E-state index contributed by atoms with van der Waals surface area (Å²) in [5.41, 5.74) is 1.20. The Morgan fingerprint density at radius 3 is 2.67 bits per heavy atom. The maximum Gasteiger partial charge on any atom is 0.387 e. The van der Waals surface area contributed by atoms with Gasteiger partial charge in [-0.05, 0) is 37.3 Å². The van der Waals surface area contributed by atoms with E-state index in [0.717, 1.165) is 5.01 Å². The highest BCUT2D eigenvalue weighted by molar-refractivity contribution is 7.09. The number of nitrogens with one attached hydrogen (secondary N) is 1. The standard InChI is InChI=1S/C14H12F2N2O2S/c1-9-17-11(8-21-9)4-7-13(19)18-10-2-5-12(6-3-10)20-14(15)16/h2-8,14H,1H3,(H,18,19). The van der Waals surface area contributed by atoms with E-state index < -0.39 is 6.61 Å². The molecule has 0 radical (unpaired) electrons. The molecule has 0 saturated carbocycles. The van der Waals surface area contributed by atoms with Crippen molar-refractivity contribution in [2.24, 2.45) is 0 Å². The van der Waals surface area contributed by atoms with Gasteiger partial charge in [-0.1, -0.05) is 0 Å². The molecule has 0 aliphatic heterocycles. The van der Waals surface area contributed by atoms with Crippen molar-refractivity contribution in [3.05, 3.63) is 46.4 Å². The van der Waals surface area contributed by atoms with Gasteiger partial charge in [0.15, 0.2) is 0 Å². The number of hydrogen-bond donors (Lipinski definition) is 1. The number of amides is 1. The number of aryl methyl sites for hydroxylation is 1. The summed E-state index contributed by atoms with van der Waals surface area (Å²) >= 11 is 1.50. The van der Waals surface area contributed by atoms with Crippen molar-refractivity contribution in [1.29, 1.82) is 0 Å². The lowest BCUT2D eigenvalue weighted by atomic mass is 10.3. The average Bonchev–Trinajstić information content (AvgIpc) is 2.84. The minimum absolute atomic E-state index is 0.0384. The van der Waals surface area contributed by atoms with Gasteiger partial charge in [0.1, 0.15) is 5.75 Å². The third kappa shape index (κ3) is 4.96. The summed E-state index contributed by atoms with van der Waals surface area (Å²) in [4.78, 5) is 15.9. The van der Waals surface area contributed by atoms with Gasteiger partial charge in [0.25, 0.3) is 0 Å². The highest BCUT2D eigenvalue weighted by atomic mass is 32.1. The van der Waals surface area contributed by atoms with Crippen LogP contribution in [0.1, 0.15) is 10.7 Å². The lowest BCUT2D eigenvalue weighted by molar-refractivity contribution is -0.111. The van der Waals surface area contributed by atoms with E-state index >= 15 is 0 Å². The summed E-state index contributed by atoms with van der Waals surface area (Å²) in [6.07, 6.45) is 2.96. The van der Waals surface area contributed by atoms with Crippen LogP contribution in [-0.4, -0.2) is 17.5 Å². The lowest BCUT2D eigenvalue weighted by Gasteiger charge is -2.06. The van der Waals surface area contributed by atoms with E-state index in [0.29, 0.717) is 11.4 Å². The first-order valence-corrected chi connectivity index (χ1v) is 6.87. The van der Waals surface area contributed by atoms with Crippen LogP contribution in [0.3, 0.4) is 0 Å². The second-order valence-corrected chi connectivity index (χ2v) is 5.08. The van der Waals surface area contributed by atoms with E-state index in [9.17, 15) is 13.6 Å². The number of halogens is 2. The Morgan fingerprint density at radius 2 is 2.10 bits per heavy atom. The first-order chi connectivity index (χ1) is 10.0. The highest BCUT2D eigenvalue weighted by Gasteiger charge is 2.04. The number of thiazole rings is 1. The topological polar surface area (TPSA) is 51.2 Å². The summed E-state index contributed by atoms with van der Waals surface area (Å²) in [5.74, 6) is -0.292. The molecule has 0 atom stereocenters. The summed E-state index contributed by atoms with van der Waals surface area (Å²) < 4.78 is 28.2. The Kier molecular flexibility index (Phi) is 4.99. The van der Waals surface area contributed by atoms with Crippen molar-refractivity contribution in [2.75, 3.05) is 5.32 Å². The fourth-order valence-corrected chi connectivity index (χ4v) is 2.10. The van der Waals surface area contributed by atoms with E-state index in [4.69, 9.17) is 0 Å². The van der Waals surface area contributed by atoms with Gasteiger partial charge in [0.05, 0.1) is 10.7 Å². The summed E-state index contributed by atoms with van der Waals surface area (Å²) in [7, 11) is 0. The van der Waals surface area contributed by atoms with Gasteiger partial charge in [-0.2, -0.15) is 8.78 Å². The van der Waals surface area contributed by atoms with Crippen LogP contribution in [0.2, 0.25) is 0 Å². The molecule has 7 heteroatoms. The van der Waals surface area contributed by atoms with Gasteiger partial charge in [0, 0.05) is 17.1 Å². The molecule has 1 aromatic carbocycles. The van der Waals surface area contributed by atoms with Gasteiger partial charge in [-0.15, -0.1) is 11.3 Å². The molecule has 1 amide bonds. The Hall–Kier alpha value is -2.28. The molecule has 0 aliphatic rings. The van der Waals surface area contributed by atoms with Crippen LogP contribution in [0.4, 0.5) is 14.5 Å². The monoisotopic (exact) mass is 310 g/mol. The summed E-state index contributed by atoms with van der Waals surface area (Å²) in [6, 6.07) is 5.68. The molecule has 1 aromatic heterocycles. The molecule has 2 aromatic rings. The molecule has 0 fully saturated rings. The van der Waals surface area contributed by atoms with E-state index in [2.05, 4.69) is 15.0 Å². The van der Waals surface area contributed by atoms with Crippen LogP contribution in [0.15, 0.2) is 35.7 Å². The normalized spacial score (nSPS) is 11.0. The second kappa shape index (κ2) is 6.94. The predicted octanol–water partition coefficient (Wildman–Crippen LogP) is 3.70. The molecular weight excluding hydrogens is 298 g/mol. The number of rotatable bonds is 5. The minimum Gasteiger partial charge on any atom is -0.435 e. The minimum atomic E-state index is -2.87. The Balaban J connectivity index is 1.91. The zero-order valence-electron chi connectivity index (χ0n) is 11.0. The molecule has 110 valence electrons. The summed E-state index contributed by atoms with van der Waals surface area (Å²) in [5, 5.41) is 5.37. The number of benzene rings is 1. The first-order valence-electron chi connectivity index (χ1n) is 5.99. The molecule has 21 heavy (non-hydrogen) atoms. The van der Waals surface area contributed by atoms with E-state index in [1.807, 2.05) is 12.3 Å². The maximum absolute atomic E-state index is 12.0. The predicted molar refractivity (Wildman–Crippen MR) is 77.6 cm³/mol. The number of anilines is 1. The zero-order valence-corrected chi connectivity index (χ0v) is 11.9. The van der Waals surface area contributed by atoms with Gasteiger partial charge >= 0.3 is 6.61 Å². The molecule has 2 rings (SSSR count). The molecule has 0 saturated heterocycles. The molecule has 0 spiro atoms. The third-order valence-electron chi connectivity index (χ3n) is 2.39. The van der Waals surface area contributed by atoms with Crippen molar-refractivity contribution in [1.82, 2.24) is 4.98 Å². The number of carbonyl (C=O) groups is 1. The Labute approximate surface area is 124 Å². The lowest BCUT2D eigenvalue weighted by Crippen LogP contribution is -2.08. The molecule has 0 aliphatic carbocycles. The SMILES string of the molecule is Cc1nc(C=CC(=O)Nc2ccc(OC(F)F)cc2)cs1. The fourth-order valence-electron chi connectivity index (χ4n) is 1.52. The summed E-state index contributed by atoms with van der Waals surface area (Å²) in [6.45, 7) is -0.986. The van der Waals surface area contributed by atoms with E-state index in [1.54, 1.807) is 6.08 Å². The molecule has 0 unspecified atom stereocenters. The average molecular weight is 310 g/mol. The number of alkyl halides is 2. The Morgan fingerprint density at radius 1 is 1.38 bits per heavy atom. The number of nitrogens with zero attached hydrogens (tertiary/aromatic N) is 1. The van der Waals surface area contributed by atoms with E-state index in [-0.39, 0.29) is 11.7 Å². The highest BCUT2D eigenvalue weighted by Crippen LogP contribution is 2.17. The zero-order chi connectivity index (χ0) is 15.2. The largest absolute Gasteiger partial charge is 0.435 e. The van der Waals surface area contributed by atoms with Gasteiger partial charge in [-0.25, -0.2) is 4.98 Å². The van der Waals surface area contributed by atoms with Crippen LogP contribution >= 0.6 is 11.3 Å². The Bertz CT molecular complexity index is 639. The van der Waals surface area contributed by atoms with Crippen molar-refractivity contribution in [3.63, 3.8) is 0 Å². The van der Waals surface area contributed by atoms with Gasteiger partial charge in [-0.3, -0.25) is 4.79 Å². The van der Waals surface area contributed by atoms with Crippen LogP contribution < -0.4 is 10.1 Å². The van der Waals surface area contributed by atoms with Crippen LogP contribution in [0.25, 0.3) is 6.08 Å². The van der Waals surface area contributed by atoms with Crippen LogP contribution in [0.5, 0.6) is 5.75 Å². The van der Waals surface area contributed by atoms with Crippen molar-refractivity contribution in [3.8, 4) is 5.75 Å². The smallest absolute Gasteiger partial charge is 0.387 e. The fraction of sp³-hybridized carbons (Fsp3) is 0.143. The van der Waals surface area contributed by atoms with Gasteiger partial charge < -0.3 is 10.1 Å². The van der Waals surface area contributed by atoms with Crippen molar-refractivity contribution < 1.29 is 18.3 Å². The molecule has 1 heterocycles. The van der Waals surface area contributed by atoms with E-state index in [1.165, 1.54) is 41.7 Å². The maximum atomic E-state index is 12.0. The van der Waals surface area contributed by atoms with Crippen molar-refractivity contribution >= 4 is 29.0 Å². The number of carbonyl (C=O) groups excluding carboxylic acids is 1. The third-order valence-corrected chi connectivity index (χ3v) is 3.18. The van der Waals surface area contributed by atoms with Crippen LogP contribution in [-0.2, 0) is 4.79 Å². The van der Waals surface area contributed by atoms with Crippen molar-refractivity contribution in [2.45, 2.75) is 13.5 Å². The molecule has 0 bridgehead atoms. The van der Waals surface area contributed by atoms with Gasteiger partial charge in [0.2, 0.25) is 5.91 Å². The molecular formula is C14H12F2N2O2S. The number of hydrogen-bond acceptors (Lipinski definition) is 4. The van der Waals surface area contributed by atoms with Crippen LogP contribution in [0, 0.1) is 6.92 Å². The quantitative estimate of drug-likeness (QED) is 0.857. The number of aromatic nitrogens is 1. The number of ether oxygens (including phenoxy) is 1. The second-order valence-electron chi connectivity index (χ2n) is 4.02. The first kappa shape index (κ1) is 15.1.